The molecule has 0 aliphatic heterocycles. The van der Waals surface area contributed by atoms with Gasteiger partial charge in [0, 0.05) is 10.2 Å². The van der Waals surface area contributed by atoms with Crippen LogP contribution in [0.2, 0.25) is 0 Å². The smallest absolute Gasteiger partial charge is 0.261 e. The molecule has 0 bridgehead atoms. The highest BCUT2D eigenvalue weighted by atomic mass is 79.9. The van der Waals surface area contributed by atoms with Gasteiger partial charge >= 0.3 is 0 Å². The van der Waals surface area contributed by atoms with Gasteiger partial charge in [-0.1, -0.05) is 28.1 Å². The van der Waals surface area contributed by atoms with E-state index in [-0.39, 0.29) is 17.1 Å². The van der Waals surface area contributed by atoms with Gasteiger partial charge in [0.1, 0.15) is 5.75 Å². The van der Waals surface area contributed by atoms with Crippen molar-refractivity contribution in [3.63, 3.8) is 0 Å². The van der Waals surface area contributed by atoms with Crippen molar-refractivity contribution in [3.05, 3.63) is 57.6 Å². The zero-order valence-corrected chi connectivity index (χ0v) is 17.0. The maximum absolute atomic E-state index is 12.6. The van der Waals surface area contributed by atoms with Crippen molar-refractivity contribution in [1.29, 1.82) is 0 Å². The molecule has 0 aliphatic carbocycles. The van der Waals surface area contributed by atoms with Gasteiger partial charge in [-0.2, -0.15) is 0 Å². The molecule has 2 aromatic carbocycles. The normalized spacial score (nSPS) is 10.5. The molecule has 0 aromatic heterocycles. The lowest BCUT2D eigenvalue weighted by Gasteiger charge is -2.16. The Hall–Kier alpha value is -1.92. The van der Waals surface area contributed by atoms with E-state index in [0.717, 1.165) is 21.3 Å². The average Bonchev–Trinajstić information content (AvgIpc) is 2.52. The number of ether oxygens (including phenoxy) is 1. The topological polar surface area (TPSA) is 50.4 Å². The molecule has 4 nitrogen and oxygen atoms in total. The molecular formula is C19H21BrN2O2S. The summed E-state index contributed by atoms with van der Waals surface area (Å²) in [5.41, 5.74) is 3.46. The van der Waals surface area contributed by atoms with Crippen LogP contribution in [0, 0.1) is 13.8 Å². The molecule has 0 fully saturated rings. The number of rotatable bonds is 4. The molecule has 0 heterocycles. The van der Waals surface area contributed by atoms with Crippen LogP contribution in [0.3, 0.4) is 0 Å². The summed E-state index contributed by atoms with van der Waals surface area (Å²) in [7, 11) is 0. The number of nitrogens with one attached hydrogen (secondary N) is 2. The third-order valence-corrected chi connectivity index (χ3v) is 4.11. The first-order chi connectivity index (χ1) is 11.8. The SMILES string of the molecule is Cc1ccc(C)c(NC(=S)NC(=O)c2cc(Br)ccc2OC(C)C)c1. The van der Waals surface area contributed by atoms with Gasteiger partial charge in [0.05, 0.1) is 11.7 Å². The lowest BCUT2D eigenvalue weighted by Crippen LogP contribution is -2.34. The van der Waals surface area contributed by atoms with E-state index in [9.17, 15) is 4.79 Å². The van der Waals surface area contributed by atoms with Crippen LogP contribution in [0.15, 0.2) is 40.9 Å². The molecular weight excluding hydrogens is 400 g/mol. The molecule has 25 heavy (non-hydrogen) atoms. The van der Waals surface area contributed by atoms with Gasteiger partial charge < -0.3 is 10.1 Å². The molecule has 1 amide bonds. The van der Waals surface area contributed by atoms with E-state index in [2.05, 4.69) is 26.6 Å². The highest BCUT2D eigenvalue weighted by Gasteiger charge is 2.16. The van der Waals surface area contributed by atoms with Crippen LogP contribution in [-0.4, -0.2) is 17.1 Å². The Morgan fingerprint density at radius 2 is 1.88 bits per heavy atom. The first kappa shape index (κ1) is 19.4. The monoisotopic (exact) mass is 420 g/mol. The highest BCUT2D eigenvalue weighted by molar-refractivity contribution is 9.10. The number of anilines is 1. The second kappa shape index (κ2) is 8.45. The van der Waals surface area contributed by atoms with Crippen LogP contribution in [0.4, 0.5) is 5.69 Å². The second-order valence-electron chi connectivity index (χ2n) is 6.03. The largest absolute Gasteiger partial charge is 0.490 e. The molecule has 0 saturated carbocycles. The van der Waals surface area contributed by atoms with Crippen molar-refractivity contribution in [3.8, 4) is 5.75 Å². The van der Waals surface area contributed by atoms with E-state index >= 15 is 0 Å². The molecule has 0 atom stereocenters. The van der Waals surface area contributed by atoms with Crippen molar-refractivity contribution in [2.24, 2.45) is 0 Å². The zero-order valence-electron chi connectivity index (χ0n) is 14.6. The lowest BCUT2D eigenvalue weighted by atomic mass is 10.1. The number of thiocarbonyl (C=S) groups is 1. The molecule has 0 spiro atoms. The first-order valence-electron chi connectivity index (χ1n) is 7.92. The number of hydrogen-bond donors (Lipinski definition) is 2. The van der Waals surface area contributed by atoms with E-state index in [1.807, 2.05) is 52.0 Å². The lowest BCUT2D eigenvalue weighted by molar-refractivity contribution is 0.0972. The molecule has 0 aliphatic rings. The van der Waals surface area contributed by atoms with Gasteiger partial charge in [-0.25, -0.2) is 0 Å². The van der Waals surface area contributed by atoms with Gasteiger partial charge in [0.2, 0.25) is 0 Å². The summed E-state index contributed by atoms with van der Waals surface area (Å²) in [6, 6.07) is 11.3. The Morgan fingerprint density at radius 1 is 1.16 bits per heavy atom. The Labute approximate surface area is 162 Å². The van der Waals surface area contributed by atoms with Gasteiger partial charge in [0.15, 0.2) is 5.11 Å². The fourth-order valence-corrected chi connectivity index (χ4v) is 2.79. The van der Waals surface area contributed by atoms with Gasteiger partial charge in [0.25, 0.3) is 5.91 Å². The number of amides is 1. The Morgan fingerprint density at radius 3 is 2.56 bits per heavy atom. The standard InChI is InChI=1S/C19H21BrN2O2S/c1-11(2)24-17-8-7-14(20)10-15(17)18(23)22-19(25)21-16-9-12(3)5-6-13(16)4/h5-11H,1-4H3,(H2,21,22,23,25). The average molecular weight is 421 g/mol. The minimum Gasteiger partial charge on any atom is -0.490 e. The molecule has 2 rings (SSSR count). The third-order valence-electron chi connectivity index (χ3n) is 3.42. The van der Waals surface area contributed by atoms with Crippen LogP contribution in [0.5, 0.6) is 5.75 Å². The fraction of sp³-hybridized carbons (Fsp3) is 0.263. The van der Waals surface area contributed by atoms with Gasteiger partial charge in [-0.3, -0.25) is 10.1 Å². The van der Waals surface area contributed by atoms with Crippen molar-refractivity contribution < 1.29 is 9.53 Å². The Bertz CT molecular complexity index is 806. The van der Waals surface area contributed by atoms with Gasteiger partial charge in [-0.05, 0) is 75.3 Å². The number of carbonyl (C=O) groups excluding carboxylic acids is 1. The van der Waals surface area contributed by atoms with Crippen molar-refractivity contribution >= 4 is 44.9 Å². The maximum Gasteiger partial charge on any atom is 0.261 e. The van der Waals surface area contributed by atoms with Crippen LogP contribution in [0.1, 0.15) is 35.3 Å². The summed E-state index contributed by atoms with van der Waals surface area (Å²) < 4.78 is 6.50. The van der Waals surface area contributed by atoms with E-state index in [4.69, 9.17) is 17.0 Å². The Balaban J connectivity index is 2.15. The summed E-state index contributed by atoms with van der Waals surface area (Å²) >= 11 is 8.67. The van der Waals surface area contributed by atoms with E-state index in [1.165, 1.54) is 0 Å². The maximum atomic E-state index is 12.6. The fourth-order valence-electron chi connectivity index (χ4n) is 2.23. The molecule has 2 N–H and O–H groups in total. The minimum absolute atomic E-state index is 0.0345. The summed E-state index contributed by atoms with van der Waals surface area (Å²) in [6.45, 7) is 7.81. The predicted molar refractivity (Wildman–Crippen MR) is 110 cm³/mol. The van der Waals surface area contributed by atoms with Crippen LogP contribution >= 0.6 is 28.1 Å². The third kappa shape index (κ3) is 5.54. The first-order valence-corrected chi connectivity index (χ1v) is 9.12. The molecule has 0 saturated heterocycles. The summed E-state index contributed by atoms with van der Waals surface area (Å²) in [4.78, 5) is 12.6. The predicted octanol–water partition coefficient (Wildman–Crippen LogP) is 4.98. The summed E-state index contributed by atoms with van der Waals surface area (Å²) in [5, 5.41) is 6.03. The van der Waals surface area contributed by atoms with E-state index in [0.29, 0.717) is 11.3 Å². The number of benzene rings is 2. The summed E-state index contributed by atoms with van der Waals surface area (Å²) in [5.74, 6) is 0.199. The van der Waals surface area contributed by atoms with Crippen molar-refractivity contribution in [2.75, 3.05) is 5.32 Å². The number of halogens is 1. The quantitative estimate of drug-likeness (QED) is 0.684. The van der Waals surface area contributed by atoms with E-state index in [1.54, 1.807) is 12.1 Å². The molecule has 0 unspecified atom stereocenters. The highest BCUT2D eigenvalue weighted by Crippen LogP contribution is 2.24. The van der Waals surface area contributed by atoms with Crippen LogP contribution in [-0.2, 0) is 0 Å². The van der Waals surface area contributed by atoms with Crippen LogP contribution < -0.4 is 15.4 Å². The van der Waals surface area contributed by atoms with Crippen molar-refractivity contribution in [1.82, 2.24) is 5.32 Å². The molecule has 0 radical (unpaired) electrons. The number of aryl methyl sites for hydroxylation is 2. The molecule has 6 heteroatoms. The number of hydrogen-bond acceptors (Lipinski definition) is 3. The van der Waals surface area contributed by atoms with Crippen molar-refractivity contribution in [2.45, 2.75) is 33.8 Å². The summed E-state index contributed by atoms with van der Waals surface area (Å²) in [6.07, 6.45) is -0.0345. The zero-order chi connectivity index (χ0) is 18.6. The Kier molecular flexibility index (Phi) is 6.56. The van der Waals surface area contributed by atoms with E-state index < -0.39 is 0 Å². The molecule has 132 valence electrons. The molecule has 2 aromatic rings. The van der Waals surface area contributed by atoms with Gasteiger partial charge in [-0.15, -0.1) is 0 Å². The number of carbonyl (C=O) groups is 1. The minimum atomic E-state index is -0.320. The second-order valence-corrected chi connectivity index (χ2v) is 7.36. The van der Waals surface area contributed by atoms with Crippen LogP contribution in [0.25, 0.3) is 0 Å².